The van der Waals surface area contributed by atoms with Gasteiger partial charge in [-0.15, -0.1) is 11.3 Å². The predicted molar refractivity (Wildman–Crippen MR) is 79.3 cm³/mol. The minimum atomic E-state index is 0.111. The molecule has 1 heterocycles. The number of nitrogens with zero attached hydrogens (tertiary/aromatic N) is 1. The Morgan fingerprint density at radius 1 is 1.63 bits per heavy atom. The Morgan fingerprint density at radius 3 is 2.89 bits per heavy atom. The predicted octanol–water partition coefficient (Wildman–Crippen LogP) is 3.19. The van der Waals surface area contributed by atoms with Crippen LogP contribution in [0, 0.1) is 11.3 Å². The van der Waals surface area contributed by atoms with E-state index in [1.165, 1.54) is 11.3 Å². The highest BCUT2D eigenvalue weighted by Gasteiger charge is 2.50. The maximum atomic E-state index is 12.0. The number of carbonyl (C=O) groups excluding carboxylic acids is 1. The molecule has 1 aromatic rings. The monoisotopic (exact) mass is 281 g/mol. The van der Waals surface area contributed by atoms with Crippen molar-refractivity contribution in [3.63, 3.8) is 0 Å². The van der Waals surface area contributed by atoms with Crippen LogP contribution in [0.3, 0.4) is 0 Å². The Hall–Kier alpha value is -0.940. The second-order valence-electron chi connectivity index (χ2n) is 5.99. The molecule has 0 saturated heterocycles. The molecule has 1 aliphatic carbocycles. The highest BCUT2D eigenvalue weighted by Crippen LogP contribution is 2.52. The molecule has 2 rings (SSSR count). The Labute approximate surface area is 119 Å². The summed E-state index contributed by atoms with van der Waals surface area (Å²) in [6.07, 6.45) is 2.08. The van der Waals surface area contributed by atoms with E-state index < -0.39 is 0 Å². The fourth-order valence-electron chi connectivity index (χ4n) is 2.12. The molecule has 2 unspecified atom stereocenters. The van der Waals surface area contributed by atoms with Gasteiger partial charge in [0.1, 0.15) is 0 Å². The zero-order valence-electron chi connectivity index (χ0n) is 12.1. The first kappa shape index (κ1) is 14.5. The SMILES string of the molecule is CCCNC(C)c1csc(NC(=O)C2CC2(C)C)n1. The van der Waals surface area contributed by atoms with Crippen molar-refractivity contribution in [2.75, 3.05) is 11.9 Å². The lowest BCUT2D eigenvalue weighted by atomic mass is 10.1. The third-order valence-corrected chi connectivity index (χ3v) is 4.50. The molecule has 1 aromatic heterocycles. The largest absolute Gasteiger partial charge is 0.309 e. The standard InChI is InChI=1S/C14H23N3OS/c1-5-6-15-9(2)11-8-19-13(16-11)17-12(18)10-7-14(10,3)4/h8-10,15H,5-7H2,1-4H3,(H,16,17,18). The molecule has 2 N–H and O–H groups in total. The number of nitrogens with one attached hydrogen (secondary N) is 2. The molecule has 1 fully saturated rings. The average molecular weight is 281 g/mol. The Kier molecular flexibility index (Phi) is 4.26. The molecule has 4 nitrogen and oxygen atoms in total. The Balaban J connectivity index is 1.89. The van der Waals surface area contributed by atoms with Crippen LogP contribution in [0.2, 0.25) is 0 Å². The summed E-state index contributed by atoms with van der Waals surface area (Å²) in [6.45, 7) is 9.48. The first-order chi connectivity index (χ1) is 8.94. The van der Waals surface area contributed by atoms with E-state index in [-0.39, 0.29) is 23.3 Å². The summed E-state index contributed by atoms with van der Waals surface area (Å²) in [5, 5.41) is 9.06. The fourth-order valence-corrected chi connectivity index (χ4v) is 2.92. The van der Waals surface area contributed by atoms with E-state index in [1.54, 1.807) is 0 Å². The van der Waals surface area contributed by atoms with Crippen LogP contribution in [0.4, 0.5) is 5.13 Å². The van der Waals surface area contributed by atoms with E-state index in [1.807, 2.05) is 5.38 Å². The molecule has 19 heavy (non-hydrogen) atoms. The number of amides is 1. The third-order valence-electron chi connectivity index (χ3n) is 3.73. The summed E-state index contributed by atoms with van der Waals surface area (Å²) in [6, 6.07) is 0.235. The lowest BCUT2D eigenvalue weighted by Gasteiger charge is -2.09. The van der Waals surface area contributed by atoms with E-state index >= 15 is 0 Å². The molecule has 0 bridgehead atoms. The van der Waals surface area contributed by atoms with E-state index in [2.05, 4.69) is 43.3 Å². The molecule has 0 aliphatic heterocycles. The second-order valence-corrected chi connectivity index (χ2v) is 6.85. The molecule has 0 radical (unpaired) electrons. The molecule has 1 saturated carbocycles. The Morgan fingerprint density at radius 2 is 2.32 bits per heavy atom. The number of anilines is 1. The van der Waals surface area contributed by atoms with Gasteiger partial charge < -0.3 is 10.6 Å². The van der Waals surface area contributed by atoms with Crippen LogP contribution >= 0.6 is 11.3 Å². The van der Waals surface area contributed by atoms with Crippen molar-refractivity contribution in [3.8, 4) is 0 Å². The number of thiazole rings is 1. The second kappa shape index (κ2) is 5.59. The van der Waals surface area contributed by atoms with E-state index in [4.69, 9.17) is 0 Å². The van der Waals surface area contributed by atoms with Crippen molar-refractivity contribution < 1.29 is 4.79 Å². The minimum Gasteiger partial charge on any atom is -0.309 e. The van der Waals surface area contributed by atoms with Gasteiger partial charge >= 0.3 is 0 Å². The first-order valence-electron chi connectivity index (χ1n) is 6.93. The molecule has 0 spiro atoms. The van der Waals surface area contributed by atoms with Crippen LogP contribution < -0.4 is 10.6 Å². The molecule has 5 heteroatoms. The van der Waals surface area contributed by atoms with Crippen LogP contribution in [0.5, 0.6) is 0 Å². The molecule has 0 aromatic carbocycles. The van der Waals surface area contributed by atoms with Gasteiger partial charge in [0.25, 0.3) is 0 Å². The van der Waals surface area contributed by atoms with Gasteiger partial charge in [-0.3, -0.25) is 4.79 Å². The van der Waals surface area contributed by atoms with Gasteiger partial charge in [-0.2, -0.15) is 0 Å². The van der Waals surface area contributed by atoms with Gasteiger partial charge in [-0.1, -0.05) is 20.8 Å². The smallest absolute Gasteiger partial charge is 0.229 e. The summed E-state index contributed by atoms with van der Waals surface area (Å²) in [4.78, 5) is 16.5. The summed E-state index contributed by atoms with van der Waals surface area (Å²) >= 11 is 1.50. The summed E-state index contributed by atoms with van der Waals surface area (Å²) in [5.74, 6) is 0.260. The number of carbonyl (C=O) groups is 1. The molecule has 1 aliphatic rings. The van der Waals surface area contributed by atoms with Crippen molar-refractivity contribution in [3.05, 3.63) is 11.1 Å². The van der Waals surface area contributed by atoms with Crippen LogP contribution in [0.1, 0.15) is 52.3 Å². The van der Waals surface area contributed by atoms with Crippen molar-refractivity contribution >= 4 is 22.4 Å². The number of rotatable bonds is 6. The highest BCUT2D eigenvalue weighted by molar-refractivity contribution is 7.13. The van der Waals surface area contributed by atoms with Crippen LogP contribution in [0.15, 0.2) is 5.38 Å². The van der Waals surface area contributed by atoms with E-state index in [0.29, 0.717) is 5.13 Å². The summed E-state index contributed by atoms with van der Waals surface area (Å²) in [7, 11) is 0. The molecular weight excluding hydrogens is 258 g/mol. The topological polar surface area (TPSA) is 54.0 Å². The van der Waals surface area contributed by atoms with Gasteiger partial charge in [0.2, 0.25) is 5.91 Å². The zero-order chi connectivity index (χ0) is 14.0. The van der Waals surface area contributed by atoms with E-state index in [0.717, 1.165) is 25.1 Å². The van der Waals surface area contributed by atoms with Crippen LogP contribution in [-0.2, 0) is 4.79 Å². The number of aromatic nitrogens is 1. The third kappa shape index (κ3) is 3.54. The van der Waals surface area contributed by atoms with Crippen molar-refractivity contribution in [2.45, 2.75) is 46.6 Å². The van der Waals surface area contributed by atoms with Gasteiger partial charge in [0.15, 0.2) is 5.13 Å². The molecular formula is C14H23N3OS. The average Bonchev–Trinajstić information content (AvgIpc) is 2.78. The summed E-state index contributed by atoms with van der Waals surface area (Å²) in [5.41, 5.74) is 1.17. The van der Waals surface area contributed by atoms with Crippen molar-refractivity contribution in [1.82, 2.24) is 10.3 Å². The van der Waals surface area contributed by atoms with E-state index in [9.17, 15) is 4.79 Å². The zero-order valence-corrected chi connectivity index (χ0v) is 12.9. The van der Waals surface area contributed by atoms with Crippen molar-refractivity contribution in [1.29, 1.82) is 0 Å². The van der Waals surface area contributed by atoms with Gasteiger partial charge in [-0.05, 0) is 31.7 Å². The summed E-state index contributed by atoms with van der Waals surface area (Å²) < 4.78 is 0. The van der Waals surface area contributed by atoms with Gasteiger partial charge in [-0.25, -0.2) is 4.98 Å². The fraction of sp³-hybridized carbons (Fsp3) is 0.714. The normalized spacial score (nSPS) is 22.0. The maximum Gasteiger partial charge on any atom is 0.229 e. The van der Waals surface area contributed by atoms with Crippen molar-refractivity contribution in [2.24, 2.45) is 11.3 Å². The van der Waals surface area contributed by atoms with Gasteiger partial charge in [0, 0.05) is 17.3 Å². The van der Waals surface area contributed by atoms with Gasteiger partial charge in [0.05, 0.1) is 5.69 Å². The number of hydrogen-bond donors (Lipinski definition) is 2. The minimum absolute atomic E-state index is 0.111. The Bertz CT molecular complexity index is 455. The van der Waals surface area contributed by atoms with Crippen LogP contribution in [0.25, 0.3) is 0 Å². The quantitative estimate of drug-likeness (QED) is 0.842. The molecule has 1 amide bonds. The number of hydrogen-bond acceptors (Lipinski definition) is 4. The van der Waals surface area contributed by atoms with Crippen LogP contribution in [-0.4, -0.2) is 17.4 Å². The maximum absolute atomic E-state index is 12.0. The molecule has 106 valence electrons. The lowest BCUT2D eigenvalue weighted by Crippen LogP contribution is -2.20. The molecule has 2 atom stereocenters. The lowest BCUT2D eigenvalue weighted by molar-refractivity contribution is -0.118. The first-order valence-corrected chi connectivity index (χ1v) is 7.81. The highest BCUT2D eigenvalue weighted by atomic mass is 32.1.